The molecule has 0 bridgehead atoms. The van der Waals surface area contributed by atoms with Crippen molar-refractivity contribution in [3.63, 3.8) is 0 Å². The van der Waals surface area contributed by atoms with Crippen molar-refractivity contribution in [1.29, 1.82) is 0 Å². The number of rotatable bonds is 6. The Bertz CT molecular complexity index is 1120. The lowest BCUT2D eigenvalue weighted by atomic mass is 9.83. The van der Waals surface area contributed by atoms with E-state index in [4.69, 9.17) is 9.47 Å². The normalized spacial score (nSPS) is 35.1. The van der Waals surface area contributed by atoms with Crippen molar-refractivity contribution in [2.45, 2.75) is 61.0 Å². The van der Waals surface area contributed by atoms with Gasteiger partial charge in [-0.05, 0) is 0 Å². The van der Waals surface area contributed by atoms with E-state index >= 15 is 0 Å². The maximum atomic E-state index is 13.4. The summed E-state index contributed by atoms with van der Waals surface area (Å²) in [5.74, 6) is -4.31. The third kappa shape index (κ3) is 4.85. The van der Waals surface area contributed by atoms with E-state index in [1.165, 1.54) is 24.3 Å². The second-order valence-corrected chi connectivity index (χ2v) is 9.44. The fraction of sp³-hybridized carbons (Fsp3) is 0.480. The van der Waals surface area contributed by atoms with Crippen LogP contribution in [-0.2, 0) is 9.47 Å². The van der Waals surface area contributed by atoms with E-state index in [0.29, 0.717) is 0 Å². The van der Waals surface area contributed by atoms with E-state index in [1.807, 2.05) is 0 Å². The predicted octanol–water partition coefficient (Wildman–Crippen LogP) is -2.94. The van der Waals surface area contributed by atoms with Crippen LogP contribution in [0.1, 0.15) is 39.3 Å². The fourth-order valence-electron chi connectivity index (χ4n) is 4.92. The lowest BCUT2D eigenvalue weighted by Gasteiger charge is -2.42. The molecule has 10 atom stereocenters. The zero-order chi connectivity index (χ0) is 28.8. The molecule has 2 aliphatic heterocycles. The highest BCUT2D eigenvalue weighted by atomic mass is 16.6. The van der Waals surface area contributed by atoms with E-state index in [2.05, 4.69) is 0 Å². The van der Waals surface area contributed by atoms with Gasteiger partial charge in [-0.1, -0.05) is 30.3 Å². The van der Waals surface area contributed by atoms with Gasteiger partial charge in [0.15, 0.2) is 0 Å². The van der Waals surface area contributed by atoms with Gasteiger partial charge in [-0.15, -0.1) is 0 Å². The van der Waals surface area contributed by atoms with Crippen molar-refractivity contribution in [3.8, 4) is 17.2 Å². The maximum absolute atomic E-state index is 13.4. The molecule has 0 spiro atoms. The first-order valence-electron chi connectivity index (χ1n) is 12.0. The number of ether oxygens (including phenoxy) is 2. The van der Waals surface area contributed by atoms with Crippen molar-refractivity contribution < 1.29 is 70.4 Å². The standard InChI is InChI=1S/C25H30O14/c26-6-9-15(29)20(34)22(36)24(38-9)12-17(31)11(14(28)8-4-2-1-3-5-8)18(32)13(19(12)33)25-23(37)21(35)16(30)10(7-27)39-25/h1-5,9-10,15-16,20-27,29-37H,6-7H2/t9-,10-,15+,16+,20+,21+,22-,23-,24+,25+/m1/s1. The van der Waals surface area contributed by atoms with E-state index in [1.54, 1.807) is 6.07 Å². The van der Waals surface area contributed by atoms with Gasteiger partial charge in [-0.2, -0.15) is 0 Å². The molecule has 2 saturated heterocycles. The van der Waals surface area contributed by atoms with Crippen LogP contribution in [0.15, 0.2) is 30.3 Å². The third-order valence-electron chi connectivity index (χ3n) is 7.11. The Morgan fingerprint density at radius 2 is 1.03 bits per heavy atom. The number of hydrogen-bond acceptors (Lipinski definition) is 14. The maximum Gasteiger partial charge on any atom is 0.200 e. The number of aliphatic hydroxyl groups is 8. The molecule has 214 valence electrons. The summed E-state index contributed by atoms with van der Waals surface area (Å²) >= 11 is 0. The summed E-state index contributed by atoms with van der Waals surface area (Å²) in [5, 5.41) is 115. The topological polar surface area (TPSA) is 258 Å². The van der Waals surface area contributed by atoms with E-state index in [-0.39, 0.29) is 5.56 Å². The summed E-state index contributed by atoms with van der Waals surface area (Å²) in [6.07, 6.45) is -18.4. The minimum Gasteiger partial charge on any atom is -0.507 e. The number of hydrogen-bond donors (Lipinski definition) is 11. The lowest BCUT2D eigenvalue weighted by molar-refractivity contribution is -0.234. The molecule has 2 aromatic rings. The number of phenols is 3. The van der Waals surface area contributed by atoms with Gasteiger partial charge in [0.25, 0.3) is 0 Å². The van der Waals surface area contributed by atoms with Crippen LogP contribution in [0, 0.1) is 0 Å². The quantitative estimate of drug-likeness (QED) is 0.160. The zero-order valence-electron chi connectivity index (χ0n) is 20.2. The van der Waals surface area contributed by atoms with Crippen LogP contribution in [0.4, 0.5) is 0 Å². The Kier molecular flexibility index (Phi) is 8.44. The van der Waals surface area contributed by atoms with Crippen LogP contribution in [0.5, 0.6) is 17.2 Å². The number of ketones is 1. The van der Waals surface area contributed by atoms with Crippen molar-refractivity contribution in [2.75, 3.05) is 13.2 Å². The van der Waals surface area contributed by atoms with Gasteiger partial charge >= 0.3 is 0 Å². The molecule has 11 N–H and O–H groups in total. The Labute approximate surface area is 220 Å². The summed E-state index contributed by atoms with van der Waals surface area (Å²) in [4.78, 5) is 13.4. The van der Waals surface area contributed by atoms with E-state index in [9.17, 15) is 61.0 Å². The molecule has 0 radical (unpaired) electrons. The summed E-state index contributed by atoms with van der Waals surface area (Å²) < 4.78 is 10.9. The van der Waals surface area contributed by atoms with Crippen LogP contribution in [0.25, 0.3) is 0 Å². The molecule has 0 amide bonds. The molecule has 14 nitrogen and oxygen atoms in total. The smallest absolute Gasteiger partial charge is 0.200 e. The van der Waals surface area contributed by atoms with Crippen molar-refractivity contribution >= 4 is 5.78 Å². The minimum atomic E-state index is -2.05. The Balaban J connectivity index is 1.98. The summed E-state index contributed by atoms with van der Waals surface area (Å²) in [7, 11) is 0. The highest BCUT2D eigenvalue weighted by Gasteiger charge is 2.50. The van der Waals surface area contributed by atoms with Gasteiger partial charge in [-0.3, -0.25) is 4.79 Å². The first-order chi connectivity index (χ1) is 18.5. The Morgan fingerprint density at radius 3 is 1.41 bits per heavy atom. The van der Waals surface area contributed by atoms with Gasteiger partial charge < -0.3 is 65.6 Å². The summed E-state index contributed by atoms with van der Waals surface area (Å²) in [5.41, 5.74) is -2.46. The van der Waals surface area contributed by atoms with Crippen molar-refractivity contribution in [2.24, 2.45) is 0 Å². The first-order valence-corrected chi connectivity index (χ1v) is 12.0. The molecule has 2 heterocycles. The van der Waals surface area contributed by atoms with Crippen molar-refractivity contribution in [3.05, 3.63) is 52.6 Å². The highest BCUT2D eigenvalue weighted by molar-refractivity contribution is 6.13. The third-order valence-corrected chi connectivity index (χ3v) is 7.11. The van der Waals surface area contributed by atoms with Crippen LogP contribution >= 0.6 is 0 Å². The molecule has 0 aromatic heterocycles. The molecule has 0 unspecified atom stereocenters. The predicted molar refractivity (Wildman–Crippen MR) is 127 cm³/mol. The summed E-state index contributed by atoms with van der Waals surface area (Å²) in [6, 6.07) is 7.24. The Morgan fingerprint density at radius 1 is 0.615 bits per heavy atom. The molecular formula is C25H30O14. The van der Waals surface area contributed by atoms with Crippen LogP contribution in [-0.4, -0.2) is 124 Å². The number of aliphatic hydroxyl groups excluding tert-OH is 8. The fourth-order valence-corrected chi connectivity index (χ4v) is 4.92. The van der Waals surface area contributed by atoms with Crippen molar-refractivity contribution in [1.82, 2.24) is 0 Å². The minimum absolute atomic E-state index is 0.0479. The van der Waals surface area contributed by atoms with Gasteiger partial charge in [0.1, 0.15) is 83.9 Å². The lowest BCUT2D eigenvalue weighted by Crippen LogP contribution is -2.55. The molecule has 14 heteroatoms. The molecule has 2 aromatic carbocycles. The second-order valence-electron chi connectivity index (χ2n) is 9.44. The average molecular weight is 555 g/mol. The van der Waals surface area contributed by atoms with E-state index < -0.39 is 114 Å². The largest absolute Gasteiger partial charge is 0.507 e. The van der Waals surface area contributed by atoms with Crippen LogP contribution in [0.3, 0.4) is 0 Å². The number of benzene rings is 2. The number of carbonyl (C=O) groups is 1. The second kappa shape index (κ2) is 11.3. The molecule has 4 rings (SSSR count). The molecule has 0 aliphatic carbocycles. The monoisotopic (exact) mass is 554 g/mol. The molecular weight excluding hydrogens is 524 g/mol. The number of carbonyl (C=O) groups excluding carboxylic acids is 1. The van der Waals surface area contributed by atoms with Gasteiger partial charge in [0.2, 0.25) is 5.78 Å². The molecule has 2 aliphatic rings. The molecule has 0 saturated carbocycles. The van der Waals surface area contributed by atoms with Gasteiger partial charge in [-0.25, -0.2) is 0 Å². The summed E-state index contributed by atoms with van der Waals surface area (Å²) in [6.45, 7) is -1.73. The SMILES string of the molecule is O=C(c1ccccc1)c1c(O)c([C@@H]2O[C@H](CO)[C@H](O)[C@H](O)[C@H]2O)c(O)c([C@@H]2O[C@H](CO)[C@H](O)[C@H](O)[C@H]2O)c1O. The molecule has 2 fully saturated rings. The highest BCUT2D eigenvalue weighted by Crippen LogP contribution is 2.53. The Hall–Kier alpha value is -2.89. The average Bonchev–Trinajstić information content (AvgIpc) is 2.93. The number of phenolic OH excluding ortho intramolecular Hbond substituents is 3. The van der Waals surface area contributed by atoms with E-state index in [0.717, 1.165) is 0 Å². The van der Waals surface area contributed by atoms with Gasteiger partial charge in [0.05, 0.1) is 24.3 Å². The van der Waals surface area contributed by atoms with Crippen LogP contribution < -0.4 is 0 Å². The van der Waals surface area contributed by atoms with Gasteiger partial charge in [0, 0.05) is 5.56 Å². The number of aromatic hydroxyl groups is 3. The van der Waals surface area contributed by atoms with Crippen LogP contribution in [0.2, 0.25) is 0 Å². The first kappa shape index (κ1) is 29.1. The molecule has 39 heavy (non-hydrogen) atoms. The zero-order valence-corrected chi connectivity index (χ0v) is 20.2.